The maximum absolute atomic E-state index is 14.5. The minimum Gasteiger partial charge on any atom is -0.496 e. The summed E-state index contributed by atoms with van der Waals surface area (Å²) in [4.78, 5) is 12.9. The van der Waals surface area contributed by atoms with Gasteiger partial charge in [-0.15, -0.1) is 0 Å². The van der Waals surface area contributed by atoms with Gasteiger partial charge in [0.1, 0.15) is 11.6 Å². The van der Waals surface area contributed by atoms with E-state index in [1.165, 1.54) is 32.3 Å². The molecule has 0 saturated carbocycles. The molecule has 1 atom stereocenters. The van der Waals surface area contributed by atoms with Crippen molar-refractivity contribution in [3.63, 3.8) is 0 Å². The molecule has 36 heavy (non-hydrogen) atoms. The second-order valence-electron chi connectivity index (χ2n) is 8.61. The lowest BCUT2D eigenvalue weighted by Gasteiger charge is -2.27. The summed E-state index contributed by atoms with van der Waals surface area (Å²) < 4.78 is 47.7. The fourth-order valence-electron chi connectivity index (χ4n) is 3.85. The third-order valence-corrected chi connectivity index (χ3v) is 7.74. The van der Waals surface area contributed by atoms with Crippen molar-refractivity contribution in [2.24, 2.45) is 0 Å². The summed E-state index contributed by atoms with van der Waals surface area (Å²) >= 11 is 0. The molecule has 3 rings (SSSR count). The standard InChI is InChI=1S/C27H32FN3O4S/c1-6-24(22-15-16-26(35-5)19(2)17-22)29-27(32)21-13-11-20(12-14-21)18-31(36(33,34)30(3)4)25-10-8-7-9-23(25)28/h7-17,24H,6,18H2,1-5H3,(H,29,32). The Balaban J connectivity index is 1.80. The van der Waals surface area contributed by atoms with Crippen LogP contribution in [-0.2, 0) is 16.8 Å². The molecular weight excluding hydrogens is 481 g/mol. The van der Waals surface area contributed by atoms with E-state index in [9.17, 15) is 17.6 Å². The van der Waals surface area contributed by atoms with Crippen LogP contribution >= 0.6 is 0 Å². The highest BCUT2D eigenvalue weighted by atomic mass is 32.2. The van der Waals surface area contributed by atoms with Gasteiger partial charge in [-0.1, -0.05) is 43.3 Å². The van der Waals surface area contributed by atoms with Crippen LogP contribution in [0.4, 0.5) is 10.1 Å². The summed E-state index contributed by atoms with van der Waals surface area (Å²) in [6.45, 7) is 3.86. The summed E-state index contributed by atoms with van der Waals surface area (Å²) in [6, 6.07) is 18.0. The summed E-state index contributed by atoms with van der Waals surface area (Å²) in [5, 5.41) is 3.05. The van der Waals surface area contributed by atoms with Crippen LogP contribution in [0.3, 0.4) is 0 Å². The van der Waals surface area contributed by atoms with Crippen LogP contribution in [0, 0.1) is 12.7 Å². The molecule has 3 aromatic rings. The van der Waals surface area contributed by atoms with Gasteiger partial charge >= 0.3 is 10.2 Å². The van der Waals surface area contributed by atoms with Gasteiger partial charge < -0.3 is 10.1 Å². The van der Waals surface area contributed by atoms with Crippen LogP contribution in [0.1, 0.15) is 46.4 Å². The number of halogens is 1. The molecule has 0 fully saturated rings. The van der Waals surface area contributed by atoms with Crippen LogP contribution in [0.5, 0.6) is 5.75 Å². The molecule has 0 spiro atoms. The molecule has 0 aliphatic heterocycles. The number of anilines is 1. The van der Waals surface area contributed by atoms with Crippen molar-refractivity contribution in [2.75, 3.05) is 25.5 Å². The van der Waals surface area contributed by atoms with Crippen molar-refractivity contribution in [2.45, 2.75) is 32.9 Å². The number of hydrogen-bond donors (Lipinski definition) is 1. The molecule has 0 aliphatic carbocycles. The van der Waals surface area contributed by atoms with E-state index in [0.29, 0.717) is 17.5 Å². The number of nitrogens with zero attached hydrogens (tertiary/aromatic N) is 2. The normalized spacial score (nSPS) is 12.3. The molecule has 0 bridgehead atoms. The number of hydrogen-bond acceptors (Lipinski definition) is 4. The average molecular weight is 514 g/mol. The number of carbonyl (C=O) groups excluding carboxylic acids is 1. The first-order chi connectivity index (χ1) is 17.1. The zero-order valence-electron chi connectivity index (χ0n) is 21.2. The fourth-order valence-corrected chi connectivity index (χ4v) is 4.95. The Kier molecular flexibility index (Phi) is 8.70. The molecule has 0 aliphatic rings. The second kappa shape index (κ2) is 11.5. The predicted octanol–water partition coefficient (Wildman–Crippen LogP) is 4.84. The molecule has 192 valence electrons. The van der Waals surface area contributed by atoms with Crippen LogP contribution in [0.25, 0.3) is 0 Å². The molecule has 3 aromatic carbocycles. The molecule has 0 radical (unpaired) electrons. The van der Waals surface area contributed by atoms with Gasteiger partial charge in [0.2, 0.25) is 0 Å². The maximum atomic E-state index is 14.5. The van der Waals surface area contributed by atoms with E-state index in [2.05, 4.69) is 5.32 Å². The zero-order chi connectivity index (χ0) is 26.5. The van der Waals surface area contributed by atoms with Crippen LogP contribution < -0.4 is 14.4 Å². The predicted molar refractivity (Wildman–Crippen MR) is 140 cm³/mol. The minimum atomic E-state index is -3.96. The van der Waals surface area contributed by atoms with E-state index in [1.54, 1.807) is 37.4 Å². The number of carbonyl (C=O) groups is 1. The Hall–Kier alpha value is -3.43. The van der Waals surface area contributed by atoms with Gasteiger partial charge in [0.15, 0.2) is 0 Å². The first kappa shape index (κ1) is 27.2. The first-order valence-corrected chi connectivity index (χ1v) is 13.0. The molecule has 7 nitrogen and oxygen atoms in total. The SMILES string of the molecule is CCC(NC(=O)c1ccc(CN(c2ccccc2F)S(=O)(=O)N(C)C)cc1)c1ccc(OC)c(C)c1. The Morgan fingerprint density at radius 3 is 2.28 bits per heavy atom. The number of aryl methyl sites for hydroxylation is 1. The molecular formula is C27H32FN3O4S. The van der Waals surface area contributed by atoms with Gasteiger partial charge in [-0.25, -0.2) is 4.39 Å². The quantitative estimate of drug-likeness (QED) is 0.421. The summed E-state index contributed by atoms with van der Waals surface area (Å²) in [5.74, 6) is -0.0942. The number of rotatable bonds is 10. The van der Waals surface area contributed by atoms with Crippen molar-refractivity contribution in [3.8, 4) is 5.75 Å². The monoisotopic (exact) mass is 513 g/mol. The number of methoxy groups -OCH3 is 1. The van der Waals surface area contributed by atoms with Gasteiger partial charge in [0, 0.05) is 19.7 Å². The lowest BCUT2D eigenvalue weighted by molar-refractivity contribution is 0.0935. The van der Waals surface area contributed by atoms with Crippen LogP contribution in [0.2, 0.25) is 0 Å². The fraction of sp³-hybridized carbons (Fsp3) is 0.296. The maximum Gasteiger partial charge on any atom is 0.303 e. The van der Waals surface area contributed by atoms with E-state index in [-0.39, 0.29) is 24.2 Å². The number of benzene rings is 3. The first-order valence-electron chi connectivity index (χ1n) is 11.6. The van der Waals surface area contributed by atoms with Gasteiger partial charge in [0.05, 0.1) is 25.4 Å². The Labute approximate surface area is 212 Å². The number of amides is 1. The molecule has 0 heterocycles. The van der Waals surface area contributed by atoms with Gasteiger partial charge in [-0.05, 0) is 60.4 Å². The van der Waals surface area contributed by atoms with Crippen molar-refractivity contribution < 1.29 is 22.3 Å². The topological polar surface area (TPSA) is 79.0 Å². The molecule has 0 aromatic heterocycles. The number of nitrogens with one attached hydrogen (secondary N) is 1. The van der Waals surface area contributed by atoms with Crippen molar-refractivity contribution in [1.82, 2.24) is 9.62 Å². The molecule has 1 unspecified atom stereocenters. The van der Waals surface area contributed by atoms with E-state index < -0.39 is 16.0 Å². The van der Waals surface area contributed by atoms with Gasteiger partial charge in [-0.2, -0.15) is 12.7 Å². The third kappa shape index (κ3) is 6.03. The smallest absolute Gasteiger partial charge is 0.303 e. The van der Waals surface area contributed by atoms with Crippen molar-refractivity contribution in [1.29, 1.82) is 0 Å². The Morgan fingerprint density at radius 1 is 1.06 bits per heavy atom. The average Bonchev–Trinajstić information content (AvgIpc) is 2.86. The molecule has 1 N–H and O–H groups in total. The van der Waals surface area contributed by atoms with Gasteiger partial charge in [-0.3, -0.25) is 9.10 Å². The van der Waals surface area contributed by atoms with E-state index in [1.807, 2.05) is 32.0 Å². The van der Waals surface area contributed by atoms with Gasteiger partial charge in [0.25, 0.3) is 5.91 Å². The van der Waals surface area contributed by atoms with Crippen LogP contribution in [0.15, 0.2) is 66.7 Å². The summed E-state index contributed by atoms with van der Waals surface area (Å²) in [7, 11) is 0.450. The lowest BCUT2D eigenvalue weighted by Crippen LogP contribution is -2.40. The number of ether oxygens (including phenoxy) is 1. The molecule has 1 amide bonds. The highest BCUT2D eigenvalue weighted by Gasteiger charge is 2.27. The number of para-hydroxylation sites is 1. The summed E-state index contributed by atoms with van der Waals surface area (Å²) in [5.41, 5.74) is 2.97. The largest absolute Gasteiger partial charge is 0.496 e. The van der Waals surface area contributed by atoms with Crippen LogP contribution in [-0.4, -0.2) is 39.8 Å². The zero-order valence-corrected chi connectivity index (χ0v) is 22.0. The van der Waals surface area contributed by atoms with E-state index >= 15 is 0 Å². The van der Waals surface area contributed by atoms with Crippen molar-refractivity contribution in [3.05, 3.63) is 94.8 Å². The highest BCUT2D eigenvalue weighted by Crippen LogP contribution is 2.26. The highest BCUT2D eigenvalue weighted by molar-refractivity contribution is 7.90. The minimum absolute atomic E-state index is 0.0476. The van der Waals surface area contributed by atoms with E-state index in [0.717, 1.165) is 25.5 Å². The van der Waals surface area contributed by atoms with Crippen molar-refractivity contribution >= 4 is 21.8 Å². The molecule has 9 heteroatoms. The third-order valence-electron chi connectivity index (χ3n) is 5.94. The summed E-state index contributed by atoms with van der Waals surface area (Å²) in [6.07, 6.45) is 0.704. The lowest BCUT2D eigenvalue weighted by atomic mass is 10.0. The van der Waals surface area contributed by atoms with E-state index in [4.69, 9.17) is 4.74 Å². The second-order valence-corrected chi connectivity index (χ2v) is 10.7. The Bertz CT molecular complexity index is 1310. The molecule has 0 saturated heterocycles. The Morgan fingerprint density at radius 2 is 1.72 bits per heavy atom.